The maximum atomic E-state index is 11.6. The lowest BCUT2D eigenvalue weighted by Gasteiger charge is -1.97. The number of rotatable bonds is 5. The second-order valence-electron chi connectivity index (χ2n) is 3.00. The molecule has 1 heterocycles. The van der Waals surface area contributed by atoms with Crippen molar-refractivity contribution in [1.82, 2.24) is 0 Å². The van der Waals surface area contributed by atoms with Crippen LogP contribution in [-0.2, 0) is 0 Å². The second-order valence-corrected chi connectivity index (χ2v) is 4.30. The molecule has 0 saturated heterocycles. The molecule has 0 fully saturated rings. The number of alkyl halides is 1. The first-order valence-electron chi connectivity index (χ1n) is 4.39. The van der Waals surface area contributed by atoms with Crippen molar-refractivity contribution in [2.24, 2.45) is 0 Å². The van der Waals surface area contributed by atoms with Gasteiger partial charge in [-0.3, -0.25) is 4.79 Å². The molecule has 0 unspecified atom stereocenters. The Morgan fingerprint density at radius 3 is 2.85 bits per heavy atom. The minimum Gasteiger partial charge on any atom is -0.293 e. The van der Waals surface area contributed by atoms with Gasteiger partial charge in [-0.25, -0.2) is 0 Å². The van der Waals surface area contributed by atoms with Crippen LogP contribution in [0.25, 0.3) is 0 Å². The number of carbonyl (C=O) groups is 1. The second kappa shape index (κ2) is 5.40. The van der Waals surface area contributed by atoms with Crippen molar-refractivity contribution in [3.8, 4) is 0 Å². The van der Waals surface area contributed by atoms with Crippen LogP contribution in [0.4, 0.5) is 0 Å². The molecule has 72 valence electrons. The number of Topliss-reactive ketones (excluding diaryl/α,β-unsaturated/α-hetero) is 1. The van der Waals surface area contributed by atoms with E-state index in [1.165, 1.54) is 11.3 Å². The third-order valence-corrected chi connectivity index (χ3v) is 3.23. The minimum absolute atomic E-state index is 0.262. The Bertz CT molecular complexity index is 280. The zero-order valence-corrected chi connectivity index (χ0v) is 9.25. The summed E-state index contributed by atoms with van der Waals surface area (Å²) in [5.41, 5.74) is 1.10. The summed E-state index contributed by atoms with van der Waals surface area (Å²) in [4.78, 5) is 12.5. The lowest BCUT2D eigenvalue weighted by atomic mass is 10.1. The van der Waals surface area contributed by atoms with Crippen LogP contribution in [0, 0.1) is 6.92 Å². The van der Waals surface area contributed by atoms with Gasteiger partial charge < -0.3 is 0 Å². The summed E-state index contributed by atoms with van der Waals surface area (Å²) < 4.78 is 0. The summed E-state index contributed by atoms with van der Waals surface area (Å²) in [6, 6.07) is 1.99. The topological polar surface area (TPSA) is 17.1 Å². The molecule has 0 saturated carbocycles. The monoisotopic (exact) mass is 216 g/mol. The first kappa shape index (κ1) is 10.7. The van der Waals surface area contributed by atoms with Gasteiger partial charge in [-0.1, -0.05) is 0 Å². The Balaban J connectivity index is 2.45. The van der Waals surface area contributed by atoms with Gasteiger partial charge in [0.05, 0.1) is 4.88 Å². The maximum Gasteiger partial charge on any atom is 0.173 e. The molecule has 0 N–H and O–H groups in total. The zero-order valence-electron chi connectivity index (χ0n) is 7.68. The molecule has 13 heavy (non-hydrogen) atoms. The van der Waals surface area contributed by atoms with Crippen molar-refractivity contribution in [2.45, 2.75) is 26.2 Å². The number of hydrogen-bond acceptors (Lipinski definition) is 2. The van der Waals surface area contributed by atoms with E-state index in [0.717, 1.165) is 23.3 Å². The predicted octanol–water partition coefficient (Wildman–Crippen LogP) is 3.65. The predicted molar refractivity (Wildman–Crippen MR) is 58.0 cm³/mol. The van der Waals surface area contributed by atoms with Gasteiger partial charge in [0.1, 0.15) is 0 Å². The summed E-state index contributed by atoms with van der Waals surface area (Å²) >= 11 is 7.07. The molecule has 0 bridgehead atoms. The van der Waals surface area contributed by atoms with Crippen LogP contribution in [0.5, 0.6) is 0 Å². The highest BCUT2D eigenvalue weighted by atomic mass is 35.5. The van der Waals surface area contributed by atoms with Gasteiger partial charge in [0.2, 0.25) is 0 Å². The van der Waals surface area contributed by atoms with E-state index < -0.39 is 0 Å². The van der Waals surface area contributed by atoms with Gasteiger partial charge in [0.25, 0.3) is 0 Å². The van der Waals surface area contributed by atoms with Crippen LogP contribution < -0.4 is 0 Å². The average molecular weight is 217 g/mol. The van der Waals surface area contributed by atoms with Crippen LogP contribution in [-0.4, -0.2) is 11.7 Å². The lowest BCUT2D eigenvalue weighted by Crippen LogP contribution is -1.97. The van der Waals surface area contributed by atoms with Crippen molar-refractivity contribution in [1.29, 1.82) is 0 Å². The van der Waals surface area contributed by atoms with Gasteiger partial charge in [-0.05, 0) is 36.8 Å². The van der Waals surface area contributed by atoms with E-state index in [1.54, 1.807) is 0 Å². The number of unbranched alkanes of at least 4 members (excludes halogenated alkanes) is 1. The first-order valence-corrected chi connectivity index (χ1v) is 5.80. The Morgan fingerprint density at radius 2 is 2.31 bits per heavy atom. The van der Waals surface area contributed by atoms with Crippen LogP contribution in [0.2, 0.25) is 0 Å². The number of ketones is 1. The summed E-state index contributed by atoms with van der Waals surface area (Å²) in [5, 5.41) is 1.96. The summed E-state index contributed by atoms with van der Waals surface area (Å²) in [7, 11) is 0. The third-order valence-electron chi connectivity index (χ3n) is 1.90. The average Bonchev–Trinajstić information content (AvgIpc) is 2.52. The van der Waals surface area contributed by atoms with Crippen LogP contribution >= 0.6 is 22.9 Å². The Kier molecular flexibility index (Phi) is 4.46. The van der Waals surface area contributed by atoms with Gasteiger partial charge in [0, 0.05) is 12.3 Å². The van der Waals surface area contributed by atoms with E-state index in [-0.39, 0.29) is 5.78 Å². The van der Waals surface area contributed by atoms with Gasteiger partial charge in [-0.15, -0.1) is 22.9 Å². The molecule has 0 aliphatic rings. The molecule has 1 nitrogen and oxygen atoms in total. The summed E-state index contributed by atoms with van der Waals surface area (Å²) in [5.74, 6) is 0.911. The van der Waals surface area contributed by atoms with Crippen LogP contribution in [0.1, 0.15) is 34.5 Å². The SMILES string of the molecule is Cc1ccsc1C(=O)CCCCCl. The molecule has 1 aromatic rings. The Labute approximate surface area is 87.7 Å². The van der Waals surface area contributed by atoms with Crippen LogP contribution in [0.15, 0.2) is 11.4 Å². The highest BCUT2D eigenvalue weighted by molar-refractivity contribution is 7.12. The zero-order chi connectivity index (χ0) is 9.68. The van der Waals surface area contributed by atoms with E-state index >= 15 is 0 Å². The summed E-state index contributed by atoms with van der Waals surface area (Å²) in [6.45, 7) is 1.98. The van der Waals surface area contributed by atoms with E-state index in [4.69, 9.17) is 11.6 Å². The highest BCUT2D eigenvalue weighted by Gasteiger charge is 2.09. The molecule has 3 heteroatoms. The van der Waals surface area contributed by atoms with Crippen molar-refractivity contribution in [3.63, 3.8) is 0 Å². The minimum atomic E-state index is 0.262. The van der Waals surface area contributed by atoms with Crippen molar-refractivity contribution in [2.75, 3.05) is 5.88 Å². The molecular formula is C10H13ClOS. The molecule has 0 spiro atoms. The largest absolute Gasteiger partial charge is 0.293 e. The number of thiophene rings is 1. The maximum absolute atomic E-state index is 11.6. The fourth-order valence-corrected chi connectivity index (χ4v) is 2.24. The molecule has 0 aliphatic carbocycles. The fraction of sp³-hybridized carbons (Fsp3) is 0.500. The smallest absolute Gasteiger partial charge is 0.173 e. The van der Waals surface area contributed by atoms with Crippen molar-refractivity contribution < 1.29 is 4.79 Å². The van der Waals surface area contributed by atoms with Gasteiger partial charge in [-0.2, -0.15) is 0 Å². The normalized spacial score (nSPS) is 10.3. The molecule has 0 atom stereocenters. The van der Waals surface area contributed by atoms with E-state index in [2.05, 4.69) is 0 Å². The quantitative estimate of drug-likeness (QED) is 0.417. The van der Waals surface area contributed by atoms with Crippen molar-refractivity contribution >= 4 is 28.7 Å². The molecular weight excluding hydrogens is 204 g/mol. The first-order chi connectivity index (χ1) is 6.25. The third kappa shape index (κ3) is 3.12. The molecule has 1 rings (SSSR count). The summed E-state index contributed by atoms with van der Waals surface area (Å²) in [6.07, 6.45) is 2.46. The van der Waals surface area contributed by atoms with Gasteiger partial charge in [0.15, 0.2) is 5.78 Å². The molecule has 0 aliphatic heterocycles. The number of carbonyl (C=O) groups excluding carboxylic acids is 1. The Morgan fingerprint density at radius 1 is 1.54 bits per heavy atom. The Hall–Kier alpha value is -0.340. The number of hydrogen-bond donors (Lipinski definition) is 0. The van der Waals surface area contributed by atoms with Crippen LogP contribution in [0.3, 0.4) is 0 Å². The highest BCUT2D eigenvalue weighted by Crippen LogP contribution is 2.18. The van der Waals surface area contributed by atoms with E-state index in [9.17, 15) is 4.79 Å². The molecule has 1 aromatic heterocycles. The van der Waals surface area contributed by atoms with Crippen molar-refractivity contribution in [3.05, 3.63) is 21.9 Å². The lowest BCUT2D eigenvalue weighted by molar-refractivity contribution is 0.0983. The standard InChI is InChI=1S/C10H13ClOS/c1-8-5-7-13-10(8)9(12)4-2-3-6-11/h5,7H,2-4,6H2,1H3. The number of aryl methyl sites for hydroxylation is 1. The molecule has 0 radical (unpaired) electrons. The van der Waals surface area contributed by atoms with E-state index in [1.807, 2.05) is 18.4 Å². The number of halogens is 1. The van der Waals surface area contributed by atoms with Gasteiger partial charge >= 0.3 is 0 Å². The molecule has 0 aromatic carbocycles. The fourth-order valence-electron chi connectivity index (χ4n) is 1.15. The molecule has 0 amide bonds. The van der Waals surface area contributed by atoms with E-state index in [0.29, 0.717) is 12.3 Å².